The average molecular weight is 353 g/mol. The highest BCUT2D eigenvalue weighted by Gasteiger charge is 2.19. The largest absolute Gasteiger partial charge is 0.378 e. The van der Waals surface area contributed by atoms with Crippen molar-refractivity contribution in [1.82, 2.24) is 24.7 Å². The Labute approximate surface area is 152 Å². The van der Waals surface area contributed by atoms with Crippen molar-refractivity contribution in [2.45, 2.75) is 19.9 Å². The van der Waals surface area contributed by atoms with Gasteiger partial charge >= 0.3 is 0 Å². The summed E-state index contributed by atoms with van der Waals surface area (Å²) in [6.07, 6.45) is 3.41. The highest BCUT2D eigenvalue weighted by molar-refractivity contribution is 6.00. The Kier molecular flexibility index (Phi) is 4.42. The van der Waals surface area contributed by atoms with E-state index in [0.717, 1.165) is 60.2 Å². The van der Waals surface area contributed by atoms with E-state index in [-0.39, 0.29) is 6.04 Å². The molecule has 1 saturated heterocycles. The van der Waals surface area contributed by atoms with Gasteiger partial charge in [-0.1, -0.05) is 0 Å². The summed E-state index contributed by atoms with van der Waals surface area (Å²) in [6, 6.07) is 4.25. The minimum Gasteiger partial charge on any atom is -0.378 e. The molecule has 136 valence electrons. The van der Waals surface area contributed by atoms with Gasteiger partial charge in [-0.25, -0.2) is 15.0 Å². The zero-order chi connectivity index (χ0) is 18.1. The zero-order valence-corrected chi connectivity index (χ0v) is 15.3. The quantitative estimate of drug-likeness (QED) is 0.769. The van der Waals surface area contributed by atoms with Crippen molar-refractivity contribution in [1.29, 1.82) is 0 Å². The van der Waals surface area contributed by atoms with Crippen molar-refractivity contribution in [3.8, 4) is 11.4 Å². The van der Waals surface area contributed by atoms with E-state index in [0.29, 0.717) is 0 Å². The van der Waals surface area contributed by atoms with E-state index in [4.69, 9.17) is 9.84 Å². The van der Waals surface area contributed by atoms with Crippen LogP contribution in [-0.4, -0.2) is 57.1 Å². The van der Waals surface area contributed by atoms with Crippen LogP contribution in [0, 0.1) is 0 Å². The number of ether oxygens (including phenoxy) is 1. The number of nitrogens with one attached hydrogen (secondary N) is 1. The molecule has 8 heteroatoms. The first-order valence-electron chi connectivity index (χ1n) is 8.87. The number of hydrogen-bond acceptors (Lipinski definition) is 7. The zero-order valence-electron chi connectivity index (χ0n) is 15.3. The van der Waals surface area contributed by atoms with Gasteiger partial charge in [-0.2, -0.15) is 5.10 Å². The van der Waals surface area contributed by atoms with E-state index in [1.807, 2.05) is 23.9 Å². The highest BCUT2D eigenvalue weighted by atomic mass is 16.5. The highest BCUT2D eigenvalue weighted by Crippen LogP contribution is 2.32. The number of nitrogens with zero attached hydrogens (tertiary/aromatic N) is 6. The second kappa shape index (κ2) is 6.87. The molecule has 0 bridgehead atoms. The number of fused-ring (bicyclic) bond motifs is 1. The first-order valence-corrected chi connectivity index (χ1v) is 8.87. The summed E-state index contributed by atoms with van der Waals surface area (Å²) in [5, 5.41) is 9.11. The summed E-state index contributed by atoms with van der Waals surface area (Å²) in [7, 11) is 1.94. The fourth-order valence-electron chi connectivity index (χ4n) is 3.21. The lowest BCUT2D eigenvalue weighted by Crippen LogP contribution is -2.36. The molecular weight excluding hydrogens is 330 g/mol. The summed E-state index contributed by atoms with van der Waals surface area (Å²) in [5.74, 6) is 1.73. The maximum absolute atomic E-state index is 5.43. The topological polar surface area (TPSA) is 81.0 Å². The second-order valence-corrected chi connectivity index (χ2v) is 6.69. The molecule has 1 fully saturated rings. The number of rotatable bonds is 4. The third-order valence-electron chi connectivity index (χ3n) is 4.42. The van der Waals surface area contributed by atoms with Gasteiger partial charge in [0.05, 0.1) is 29.8 Å². The lowest BCUT2D eigenvalue weighted by atomic mass is 10.1. The normalized spacial score (nSPS) is 15.0. The van der Waals surface area contributed by atoms with Gasteiger partial charge in [0.25, 0.3) is 0 Å². The molecule has 0 aromatic carbocycles. The number of morpholine rings is 1. The minimum atomic E-state index is 0.274. The predicted octanol–water partition coefficient (Wildman–Crippen LogP) is 2.08. The molecule has 0 atom stereocenters. The van der Waals surface area contributed by atoms with Gasteiger partial charge < -0.3 is 15.0 Å². The molecule has 1 aliphatic heterocycles. The fourth-order valence-corrected chi connectivity index (χ4v) is 3.21. The van der Waals surface area contributed by atoms with Crippen LogP contribution >= 0.6 is 0 Å². The van der Waals surface area contributed by atoms with Gasteiger partial charge in [0.15, 0.2) is 0 Å². The Morgan fingerprint density at radius 2 is 1.96 bits per heavy atom. The van der Waals surface area contributed by atoms with Gasteiger partial charge in [0.2, 0.25) is 0 Å². The van der Waals surface area contributed by atoms with Crippen molar-refractivity contribution in [2.24, 2.45) is 7.05 Å². The molecule has 1 aliphatic rings. The van der Waals surface area contributed by atoms with E-state index >= 15 is 0 Å². The molecule has 0 saturated carbocycles. The summed E-state index contributed by atoms with van der Waals surface area (Å²) >= 11 is 0. The molecule has 26 heavy (non-hydrogen) atoms. The van der Waals surface area contributed by atoms with Crippen LogP contribution in [0.4, 0.5) is 11.6 Å². The van der Waals surface area contributed by atoms with E-state index < -0.39 is 0 Å². The van der Waals surface area contributed by atoms with Gasteiger partial charge in [0, 0.05) is 38.4 Å². The average Bonchev–Trinajstić information content (AvgIpc) is 3.00. The van der Waals surface area contributed by atoms with Crippen molar-refractivity contribution >= 4 is 22.5 Å². The van der Waals surface area contributed by atoms with E-state index in [1.54, 1.807) is 12.5 Å². The fraction of sp³-hybridized carbons (Fsp3) is 0.444. The second-order valence-electron chi connectivity index (χ2n) is 6.69. The summed E-state index contributed by atoms with van der Waals surface area (Å²) in [4.78, 5) is 15.7. The Bertz CT molecular complexity index is 915. The Morgan fingerprint density at radius 3 is 2.73 bits per heavy atom. The molecule has 1 N–H and O–H groups in total. The number of aromatic nitrogens is 5. The van der Waals surface area contributed by atoms with E-state index in [2.05, 4.69) is 39.0 Å². The van der Waals surface area contributed by atoms with Crippen LogP contribution in [0.3, 0.4) is 0 Å². The summed E-state index contributed by atoms with van der Waals surface area (Å²) in [6.45, 7) is 7.30. The van der Waals surface area contributed by atoms with Crippen LogP contribution in [0.1, 0.15) is 13.8 Å². The smallest absolute Gasteiger partial charge is 0.137 e. The number of pyridine rings is 1. The summed E-state index contributed by atoms with van der Waals surface area (Å²) < 4.78 is 7.30. The van der Waals surface area contributed by atoms with Crippen LogP contribution in [0.15, 0.2) is 24.7 Å². The molecule has 8 nitrogen and oxygen atoms in total. The number of anilines is 2. The summed E-state index contributed by atoms with van der Waals surface area (Å²) in [5.41, 5.74) is 2.63. The van der Waals surface area contributed by atoms with Gasteiger partial charge in [-0.15, -0.1) is 0 Å². The predicted molar refractivity (Wildman–Crippen MR) is 101 cm³/mol. The van der Waals surface area contributed by atoms with Crippen molar-refractivity contribution < 1.29 is 4.74 Å². The van der Waals surface area contributed by atoms with E-state index in [9.17, 15) is 0 Å². The Morgan fingerprint density at radius 1 is 1.15 bits per heavy atom. The molecule has 3 aromatic rings. The lowest BCUT2D eigenvalue weighted by molar-refractivity contribution is 0.122. The van der Waals surface area contributed by atoms with Crippen LogP contribution < -0.4 is 10.2 Å². The third kappa shape index (κ3) is 3.08. The molecule has 0 aliphatic carbocycles. The molecule has 4 rings (SSSR count). The van der Waals surface area contributed by atoms with Crippen LogP contribution in [0.5, 0.6) is 0 Å². The molecular formula is C18H23N7O. The van der Waals surface area contributed by atoms with Crippen LogP contribution in [-0.2, 0) is 11.8 Å². The molecule has 0 spiro atoms. The van der Waals surface area contributed by atoms with Crippen molar-refractivity contribution in [2.75, 3.05) is 36.5 Å². The van der Waals surface area contributed by atoms with Crippen molar-refractivity contribution in [3.63, 3.8) is 0 Å². The third-order valence-corrected chi connectivity index (χ3v) is 4.42. The SMILES string of the molecule is CC(C)Nc1nccc2c1c(-c1cc(N3CCOCC3)ncn1)nn2C. The van der Waals surface area contributed by atoms with E-state index in [1.165, 1.54) is 0 Å². The standard InChI is InChI=1S/C18H23N7O/c1-12(2)22-18-16-14(4-5-19-18)24(3)23-17(16)13-10-15(21-11-20-13)25-6-8-26-9-7-25/h4-5,10-12H,6-9H2,1-3H3,(H,19,22). The minimum absolute atomic E-state index is 0.274. The number of aryl methyl sites for hydroxylation is 1. The first kappa shape index (κ1) is 16.7. The van der Waals surface area contributed by atoms with Gasteiger partial charge in [-0.3, -0.25) is 4.68 Å². The monoisotopic (exact) mass is 353 g/mol. The Balaban J connectivity index is 1.81. The number of hydrogen-bond donors (Lipinski definition) is 1. The Hall–Kier alpha value is -2.74. The molecule has 0 unspecified atom stereocenters. The van der Waals surface area contributed by atoms with Gasteiger partial charge in [0.1, 0.15) is 23.7 Å². The van der Waals surface area contributed by atoms with Crippen molar-refractivity contribution in [3.05, 3.63) is 24.7 Å². The molecule has 3 aromatic heterocycles. The molecule has 4 heterocycles. The van der Waals surface area contributed by atoms with Crippen LogP contribution in [0.2, 0.25) is 0 Å². The maximum atomic E-state index is 5.43. The molecule has 0 radical (unpaired) electrons. The lowest BCUT2D eigenvalue weighted by Gasteiger charge is -2.27. The maximum Gasteiger partial charge on any atom is 0.137 e. The molecule has 0 amide bonds. The van der Waals surface area contributed by atoms with Gasteiger partial charge in [-0.05, 0) is 19.9 Å². The van der Waals surface area contributed by atoms with Crippen LogP contribution in [0.25, 0.3) is 22.3 Å². The first-order chi connectivity index (χ1) is 12.6.